The van der Waals surface area contributed by atoms with E-state index < -0.39 is 0 Å². The quantitative estimate of drug-likeness (QED) is 0.831. The summed E-state index contributed by atoms with van der Waals surface area (Å²) in [7, 11) is 0. The Kier molecular flexibility index (Phi) is 5.68. The van der Waals surface area contributed by atoms with Gasteiger partial charge in [0, 0.05) is 19.0 Å². The molecular formula is C16H30N2O. The summed E-state index contributed by atoms with van der Waals surface area (Å²) in [4.78, 5) is 14.7. The number of carbonyl (C=O) groups excluding carboxylic acids is 1. The van der Waals surface area contributed by atoms with Crippen LogP contribution in [-0.2, 0) is 4.79 Å². The lowest BCUT2D eigenvalue weighted by molar-refractivity contribution is -0.137. The van der Waals surface area contributed by atoms with E-state index in [0.29, 0.717) is 17.9 Å². The van der Waals surface area contributed by atoms with Gasteiger partial charge in [-0.05, 0) is 56.9 Å². The van der Waals surface area contributed by atoms with Gasteiger partial charge in [-0.3, -0.25) is 4.79 Å². The van der Waals surface area contributed by atoms with E-state index in [4.69, 9.17) is 5.73 Å². The first-order valence-electron chi connectivity index (χ1n) is 8.22. The zero-order valence-corrected chi connectivity index (χ0v) is 12.4. The number of hydrogen-bond acceptors (Lipinski definition) is 2. The molecule has 1 aliphatic heterocycles. The predicted molar refractivity (Wildman–Crippen MR) is 78.8 cm³/mol. The zero-order valence-electron chi connectivity index (χ0n) is 12.4. The molecule has 1 heterocycles. The summed E-state index contributed by atoms with van der Waals surface area (Å²) in [5.41, 5.74) is 5.57. The highest BCUT2D eigenvalue weighted by atomic mass is 16.2. The minimum absolute atomic E-state index is 0.403. The SMILES string of the molecule is CC(CCN)CCC(=O)N1CCCC2CCCCC21. The van der Waals surface area contributed by atoms with Crippen molar-refractivity contribution in [2.75, 3.05) is 13.1 Å². The Hall–Kier alpha value is -0.570. The third kappa shape index (κ3) is 3.95. The molecule has 3 heteroatoms. The van der Waals surface area contributed by atoms with E-state index >= 15 is 0 Å². The van der Waals surface area contributed by atoms with Gasteiger partial charge in [-0.25, -0.2) is 0 Å². The molecule has 0 spiro atoms. The van der Waals surface area contributed by atoms with Crippen LogP contribution < -0.4 is 5.73 Å². The highest BCUT2D eigenvalue weighted by molar-refractivity contribution is 5.76. The van der Waals surface area contributed by atoms with Crippen molar-refractivity contribution in [3.05, 3.63) is 0 Å². The van der Waals surface area contributed by atoms with Crippen LogP contribution in [0.25, 0.3) is 0 Å². The molecule has 1 saturated carbocycles. The van der Waals surface area contributed by atoms with E-state index in [1.54, 1.807) is 0 Å². The van der Waals surface area contributed by atoms with Gasteiger partial charge < -0.3 is 10.6 Å². The topological polar surface area (TPSA) is 46.3 Å². The fourth-order valence-electron chi connectivity index (χ4n) is 3.88. The molecule has 3 nitrogen and oxygen atoms in total. The molecule has 0 aromatic carbocycles. The van der Waals surface area contributed by atoms with Gasteiger partial charge in [-0.2, -0.15) is 0 Å². The maximum absolute atomic E-state index is 12.5. The fraction of sp³-hybridized carbons (Fsp3) is 0.938. The largest absolute Gasteiger partial charge is 0.339 e. The highest BCUT2D eigenvalue weighted by Crippen LogP contribution is 2.35. The van der Waals surface area contributed by atoms with Gasteiger partial charge in [0.05, 0.1) is 0 Å². The van der Waals surface area contributed by atoms with Crippen LogP contribution in [0.1, 0.15) is 64.7 Å². The van der Waals surface area contributed by atoms with Crippen LogP contribution in [0, 0.1) is 11.8 Å². The van der Waals surface area contributed by atoms with E-state index in [-0.39, 0.29) is 0 Å². The summed E-state index contributed by atoms with van der Waals surface area (Å²) in [5, 5.41) is 0. The maximum Gasteiger partial charge on any atom is 0.222 e. The van der Waals surface area contributed by atoms with Crippen molar-refractivity contribution < 1.29 is 4.79 Å². The highest BCUT2D eigenvalue weighted by Gasteiger charge is 2.35. The Morgan fingerprint density at radius 1 is 1.21 bits per heavy atom. The van der Waals surface area contributed by atoms with Gasteiger partial charge in [-0.1, -0.05) is 19.8 Å². The first-order chi connectivity index (χ1) is 9.22. The molecule has 110 valence electrons. The molecule has 2 N–H and O–H groups in total. The summed E-state index contributed by atoms with van der Waals surface area (Å²) < 4.78 is 0. The molecule has 1 aliphatic carbocycles. The third-order valence-corrected chi connectivity index (χ3v) is 5.07. The lowest BCUT2D eigenvalue weighted by Crippen LogP contribution is -2.49. The summed E-state index contributed by atoms with van der Waals surface area (Å²) in [6.45, 7) is 3.95. The van der Waals surface area contributed by atoms with Crippen LogP contribution in [0.5, 0.6) is 0 Å². The van der Waals surface area contributed by atoms with Crippen molar-refractivity contribution in [1.29, 1.82) is 0 Å². The summed E-state index contributed by atoms with van der Waals surface area (Å²) in [6.07, 6.45) is 10.6. The van der Waals surface area contributed by atoms with Gasteiger partial charge in [-0.15, -0.1) is 0 Å². The Morgan fingerprint density at radius 2 is 1.95 bits per heavy atom. The molecule has 2 fully saturated rings. The van der Waals surface area contributed by atoms with E-state index in [1.807, 2.05) is 0 Å². The summed E-state index contributed by atoms with van der Waals surface area (Å²) in [5.74, 6) is 1.79. The lowest BCUT2D eigenvalue weighted by atomic mass is 9.78. The van der Waals surface area contributed by atoms with E-state index in [9.17, 15) is 4.79 Å². The van der Waals surface area contributed by atoms with Crippen molar-refractivity contribution in [2.45, 2.75) is 70.8 Å². The molecular weight excluding hydrogens is 236 g/mol. The average molecular weight is 266 g/mol. The number of nitrogens with zero attached hydrogens (tertiary/aromatic N) is 1. The molecule has 0 aromatic rings. The van der Waals surface area contributed by atoms with Gasteiger partial charge in [0.15, 0.2) is 0 Å². The monoisotopic (exact) mass is 266 g/mol. The number of rotatable bonds is 5. The van der Waals surface area contributed by atoms with E-state index in [0.717, 1.165) is 38.3 Å². The van der Waals surface area contributed by atoms with Gasteiger partial charge in [0.25, 0.3) is 0 Å². The van der Waals surface area contributed by atoms with Crippen molar-refractivity contribution in [2.24, 2.45) is 17.6 Å². The number of amides is 1. The van der Waals surface area contributed by atoms with Crippen molar-refractivity contribution in [3.63, 3.8) is 0 Å². The normalized spacial score (nSPS) is 28.8. The zero-order chi connectivity index (χ0) is 13.7. The molecule has 2 rings (SSSR count). The van der Waals surface area contributed by atoms with E-state index in [2.05, 4.69) is 11.8 Å². The number of hydrogen-bond donors (Lipinski definition) is 1. The number of likely N-dealkylation sites (tertiary alicyclic amines) is 1. The van der Waals surface area contributed by atoms with E-state index in [1.165, 1.54) is 38.5 Å². The van der Waals surface area contributed by atoms with Gasteiger partial charge in [0.1, 0.15) is 0 Å². The first kappa shape index (κ1) is 14.8. The van der Waals surface area contributed by atoms with Gasteiger partial charge in [0.2, 0.25) is 5.91 Å². The minimum atomic E-state index is 0.403. The van der Waals surface area contributed by atoms with Crippen LogP contribution in [0.2, 0.25) is 0 Å². The minimum Gasteiger partial charge on any atom is -0.339 e. The van der Waals surface area contributed by atoms with Gasteiger partial charge >= 0.3 is 0 Å². The Balaban J connectivity index is 1.83. The molecule has 19 heavy (non-hydrogen) atoms. The standard InChI is InChI=1S/C16H30N2O/c1-13(10-11-17)8-9-16(19)18-12-4-6-14-5-2-3-7-15(14)18/h13-15H,2-12,17H2,1H3. The predicted octanol–water partition coefficient (Wildman–Crippen LogP) is 2.93. The molecule has 3 atom stereocenters. The second kappa shape index (κ2) is 7.28. The molecule has 2 aliphatic rings. The number of fused-ring (bicyclic) bond motifs is 1. The lowest BCUT2D eigenvalue weighted by Gasteiger charge is -2.44. The molecule has 3 unspecified atom stereocenters. The molecule has 0 radical (unpaired) electrons. The fourth-order valence-corrected chi connectivity index (χ4v) is 3.88. The molecule has 0 bridgehead atoms. The van der Waals surface area contributed by atoms with Crippen LogP contribution in [-0.4, -0.2) is 29.9 Å². The smallest absolute Gasteiger partial charge is 0.222 e. The van der Waals surface area contributed by atoms with Crippen LogP contribution in [0.15, 0.2) is 0 Å². The van der Waals surface area contributed by atoms with Crippen LogP contribution in [0.4, 0.5) is 0 Å². The molecule has 0 aromatic heterocycles. The average Bonchev–Trinajstić information content (AvgIpc) is 2.44. The summed E-state index contributed by atoms with van der Waals surface area (Å²) >= 11 is 0. The third-order valence-electron chi connectivity index (χ3n) is 5.07. The Labute approximate surface area is 117 Å². The number of carbonyl (C=O) groups is 1. The Bertz CT molecular complexity index is 290. The van der Waals surface area contributed by atoms with Crippen molar-refractivity contribution >= 4 is 5.91 Å². The molecule has 1 amide bonds. The Morgan fingerprint density at radius 3 is 2.74 bits per heavy atom. The molecule has 1 saturated heterocycles. The second-order valence-electron chi connectivity index (χ2n) is 6.56. The van der Waals surface area contributed by atoms with Crippen LogP contribution in [0.3, 0.4) is 0 Å². The number of nitrogens with two attached hydrogens (primary N) is 1. The van der Waals surface area contributed by atoms with Crippen LogP contribution >= 0.6 is 0 Å². The maximum atomic E-state index is 12.5. The van der Waals surface area contributed by atoms with Crippen molar-refractivity contribution in [1.82, 2.24) is 4.90 Å². The van der Waals surface area contributed by atoms with Crippen molar-refractivity contribution in [3.8, 4) is 0 Å². The second-order valence-corrected chi connectivity index (χ2v) is 6.56. The first-order valence-corrected chi connectivity index (χ1v) is 8.22. The number of piperidine rings is 1. The summed E-state index contributed by atoms with van der Waals surface area (Å²) in [6, 6.07) is 0.569.